The van der Waals surface area contributed by atoms with Gasteiger partial charge in [0.15, 0.2) is 9.84 Å². The van der Waals surface area contributed by atoms with Crippen LogP contribution in [0, 0.1) is 0 Å². The molecule has 1 aliphatic heterocycles. The third-order valence-corrected chi connectivity index (χ3v) is 4.94. The van der Waals surface area contributed by atoms with E-state index in [0.29, 0.717) is 5.06 Å². The number of carbonyl (C=O) groups is 3. The van der Waals surface area contributed by atoms with Gasteiger partial charge in [0.1, 0.15) is 0 Å². The molecule has 0 radical (unpaired) electrons. The highest BCUT2D eigenvalue weighted by Gasteiger charge is 2.39. The Labute approximate surface area is 147 Å². The minimum atomic E-state index is -3.50. The van der Waals surface area contributed by atoms with Gasteiger partial charge in [0.2, 0.25) is 0 Å². The molecule has 0 bridgehead atoms. The number of fused-ring (bicyclic) bond motifs is 1. The number of carbonyl (C=O) groups excluding carboxylic acids is 3. The molecule has 25 heavy (non-hydrogen) atoms. The van der Waals surface area contributed by atoms with E-state index in [1.165, 1.54) is 18.2 Å². The van der Waals surface area contributed by atoms with Gasteiger partial charge in [0.05, 0.1) is 26.6 Å². The van der Waals surface area contributed by atoms with Gasteiger partial charge in [-0.25, -0.2) is 13.2 Å². The Morgan fingerprint density at radius 1 is 1.04 bits per heavy atom. The number of imide groups is 1. The van der Waals surface area contributed by atoms with Crippen LogP contribution < -0.4 is 0 Å². The van der Waals surface area contributed by atoms with Crippen LogP contribution in [0.5, 0.6) is 0 Å². The molecule has 0 saturated carbocycles. The molecule has 7 nitrogen and oxygen atoms in total. The van der Waals surface area contributed by atoms with E-state index in [1.807, 2.05) is 0 Å². The fourth-order valence-corrected chi connectivity index (χ4v) is 3.24. The number of rotatable bonds is 3. The standard InChI is InChI=1S/C16H10ClNO6S/c1-25(22,23)9-6-7-12(13(17)8-9)16(21)24-18-14(19)10-4-2-3-5-11(10)15(18)20/h2-8H,1H3. The van der Waals surface area contributed by atoms with Crippen molar-refractivity contribution >= 4 is 39.2 Å². The maximum atomic E-state index is 12.2. The van der Waals surface area contributed by atoms with Crippen LogP contribution in [0.2, 0.25) is 5.02 Å². The van der Waals surface area contributed by atoms with E-state index in [9.17, 15) is 22.8 Å². The van der Waals surface area contributed by atoms with E-state index < -0.39 is 27.6 Å². The van der Waals surface area contributed by atoms with Crippen LogP contribution in [0.25, 0.3) is 0 Å². The van der Waals surface area contributed by atoms with Crippen LogP contribution in [0.1, 0.15) is 31.1 Å². The average molecular weight is 380 g/mol. The number of amides is 2. The van der Waals surface area contributed by atoms with E-state index in [0.717, 1.165) is 18.4 Å². The zero-order valence-corrected chi connectivity index (χ0v) is 14.3. The monoisotopic (exact) mass is 379 g/mol. The van der Waals surface area contributed by atoms with Gasteiger partial charge in [0, 0.05) is 6.26 Å². The highest BCUT2D eigenvalue weighted by molar-refractivity contribution is 7.90. The van der Waals surface area contributed by atoms with Crippen LogP contribution in [0.4, 0.5) is 0 Å². The van der Waals surface area contributed by atoms with Crippen molar-refractivity contribution in [3.8, 4) is 0 Å². The predicted molar refractivity (Wildman–Crippen MR) is 86.9 cm³/mol. The first-order valence-corrected chi connectivity index (χ1v) is 9.17. The molecule has 2 amide bonds. The minimum absolute atomic E-state index is 0.0743. The van der Waals surface area contributed by atoms with Crippen LogP contribution in [0.3, 0.4) is 0 Å². The summed E-state index contributed by atoms with van der Waals surface area (Å²) in [6.45, 7) is 0. The fourth-order valence-electron chi connectivity index (χ4n) is 2.27. The van der Waals surface area contributed by atoms with Crippen molar-refractivity contribution in [3.63, 3.8) is 0 Å². The summed E-state index contributed by atoms with van der Waals surface area (Å²) in [4.78, 5) is 41.3. The number of hydrogen-bond donors (Lipinski definition) is 0. The lowest BCUT2D eigenvalue weighted by atomic mass is 10.1. The van der Waals surface area contributed by atoms with Gasteiger partial charge in [0.25, 0.3) is 11.8 Å². The molecule has 0 unspecified atom stereocenters. The number of halogens is 1. The van der Waals surface area contributed by atoms with Gasteiger partial charge in [-0.2, -0.15) is 0 Å². The Hall–Kier alpha value is -2.71. The molecule has 0 N–H and O–H groups in total. The van der Waals surface area contributed by atoms with Crippen molar-refractivity contribution < 1.29 is 27.6 Å². The van der Waals surface area contributed by atoms with E-state index in [1.54, 1.807) is 12.1 Å². The summed E-state index contributed by atoms with van der Waals surface area (Å²) in [6.07, 6.45) is 0.995. The lowest BCUT2D eigenvalue weighted by Gasteiger charge is -2.13. The zero-order valence-electron chi connectivity index (χ0n) is 12.7. The molecule has 1 heterocycles. The third kappa shape index (κ3) is 3.01. The molecular weight excluding hydrogens is 370 g/mol. The Bertz CT molecular complexity index is 996. The largest absolute Gasteiger partial charge is 0.365 e. The van der Waals surface area contributed by atoms with E-state index in [-0.39, 0.29) is 26.6 Å². The van der Waals surface area contributed by atoms with Gasteiger partial charge in [-0.05, 0) is 30.3 Å². The first-order valence-electron chi connectivity index (χ1n) is 6.90. The summed E-state index contributed by atoms with van der Waals surface area (Å²) < 4.78 is 23.0. The van der Waals surface area contributed by atoms with Crippen LogP contribution >= 0.6 is 11.6 Å². The molecule has 0 saturated heterocycles. The van der Waals surface area contributed by atoms with Crippen LogP contribution in [-0.4, -0.2) is 37.5 Å². The summed E-state index contributed by atoms with van der Waals surface area (Å²) in [7, 11) is -3.50. The summed E-state index contributed by atoms with van der Waals surface area (Å²) in [6, 6.07) is 9.47. The number of hydroxylamine groups is 2. The van der Waals surface area contributed by atoms with E-state index >= 15 is 0 Å². The van der Waals surface area contributed by atoms with Crippen molar-refractivity contribution in [2.75, 3.05) is 6.26 Å². The minimum Gasteiger partial charge on any atom is -0.324 e. The molecule has 3 rings (SSSR count). The molecule has 0 aliphatic carbocycles. The quantitative estimate of drug-likeness (QED) is 0.757. The lowest BCUT2D eigenvalue weighted by molar-refractivity contribution is -0.0584. The highest BCUT2D eigenvalue weighted by atomic mass is 35.5. The molecular formula is C16H10ClNO6S. The van der Waals surface area contributed by atoms with Crippen molar-refractivity contribution in [2.24, 2.45) is 0 Å². The summed E-state index contributed by atoms with van der Waals surface area (Å²) in [5.41, 5.74) is 0.0725. The second-order valence-electron chi connectivity index (χ2n) is 5.24. The zero-order chi connectivity index (χ0) is 18.4. The van der Waals surface area contributed by atoms with E-state index in [2.05, 4.69) is 0 Å². The Balaban J connectivity index is 1.87. The van der Waals surface area contributed by atoms with E-state index in [4.69, 9.17) is 16.4 Å². The normalized spacial score (nSPS) is 13.8. The van der Waals surface area contributed by atoms with Crippen LogP contribution in [0.15, 0.2) is 47.4 Å². The van der Waals surface area contributed by atoms with Gasteiger partial charge in [-0.3, -0.25) is 9.59 Å². The highest BCUT2D eigenvalue weighted by Crippen LogP contribution is 2.26. The first-order chi connectivity index (χ1) is 11.7. The van der Waals surface area contributed by atoms with Gasteiger partial charge >= 0.3 is 5.97 Å². The molecule has 0 aromatic heterocycles. The molecule has 0 fully saturated rings. The van der Waals surface area contributed by atoms with Gasteiger partial charge in [-0.1, -0.05) is 28.8 Å². The van der Waals surface area contributed by atoms with Crippen molar-refractivity contribution in [1.29, 1.82) is 0 Å². The third-order valence-electron chi connectivity index (χ3n) is 3.52. The average Bonchev–Trinajstić information content (AvgIpc) is 2.79. The summed E-state index contributed by atoms with van der Waals surface area (Å²) >= 11 is 5.92. The SMILES string of the molecule is CS(=O)(=O)c1ccc(C(=O)ON2C(=O)c3ccccc3C2=O)c(Cl)c1. The number of sulfone groups is 1. The topological polar surface area (TPSA) is 97.8 Å². The van der Waals surface area contributed by atoms with Crippen molar-refractivity contribution in [2.45, 2.75) is 4.90 Å². The fraction of sp³-hybridized carbons (Fsp3) is 0.0625. The Kier molecular flexibility index (Phi) is 4.09. The maximum absolute atomic E-state index is 12.2. The predicted octanol–water partition coefficient (Wildman–Crippen LogP) is 2.11. The van der Waals surface area contributed by atoms with Crippen LogP contribution in [-0.2, 0) is 14.7 Å². The lowest BCUT2D eigenvalue weighted by Crippen LogP contribution is -2.32. The number of benzene rings is 2. The second kappa shape index (κ2) is 5.98. The molecule has 2 aromatic carbocycles. The molecule has 0 atom stereocenters. The number of nitrogens with zero attached hydrogens (tertiary/aromatic N) is 1. The molecule has 2 aromatic rings. The van der Waals surface area contributed by atoms with Crippen molar-refractivity contribution in [3.05, 3.63) is 64.2 Å². The van der Waals surface area contributed by atoms with Crippen molar-refractivity contribution in [1.82, 2.24) is 5.06 Å². The molecule has 9 heteroatoms. The summed E-state index contributed by atoms with van der Waals surface area (Å²) in [5, 5.41) is 0.179. The smallest absolute Gasteiger partial charge is 0.324 e. The molecule has 0 spiro atoms. The van der Waals surface area contributed by atoms with Gasteiger partial charge < -0.3 is 4.84 Å². The Morgan fingerprint density at radius 2 is 1.60 bits per heavy atom. The van der Waals surface area contributed by atoms with Gasteiger partial charge in [-0.15, -0.1) is 0 Å². The maximum Gasteiger partial charge on any atom is 0.365 e. The Morgan fingerprint density at radius 3 is 2.08 bits per heavy atom. The molecule has 128 valence electrons. The first kappa shape index (κ1) is 17.1. The summed E-state index contributed by atoms with van der Waals surface area (Å²) in [5.74, 6) is -2.59. The molecule has 1 aliphatic rings. The second-order valence-corrected chi connectivity index (χ2v) is 7.67. The number of hydrogen-bond acceptors (Lipinski definition) is 6.